The largest absolute Gasteiger partial charge is 0.485 e. The summed E-state index contributed by atoms with van der Waals surface area (Å²) in [6.07, 6.45) is -4.79. The van der Waals surface area contributed by atoms with E-state index in [0.29, 0.717) is 6.07 Å². The number of rotatable bonds is 5. The van der Waals surface area contributed by atoms with Crippen molar-refractivity contribution in [2.75, 3.05) is 11.9 Å². The number of anilines is 1. The topological polar surface area (TPSA) is 79.2 Å². The smallest absolute Gasteiger partial charge is 0.417 e. The average molecular weight is 366 g/mol. The molecule has 1 amide bonds. The maximum atomic E-state index is 12.9. The molecule has 0 aliphatic rings. The monoisotopic (exact) mass is 366 g/mol. The van der Waals surface area contributed by atoms with E-state index in [4.69, 9.17) is 10.00 Å². The number of alkyl halides is 3. The normalized spacial score (nSPS) is 10.7. The van der Waals surface area contributed by atoms with Crippen LogP contribution >= 0.6 is 0 Å². The number of benzene rings is 2. The lowest BCUT2D eigenvalue weighted by Gasteiger charge is -2.11. The van der Waals surface area contributed by atoms with Gasteiger partial charge in [0.2, 0.25) is 0 Å². The fourth-order valence-electron chi connectivity index (χ4n) is 1.90. The number of ketones is 1. The van der Waals surface area contributed by atoms with Crippen molar-refractivity contribution in [1.29, 1.82) is 5.26 Å². The molecule has 0 saturated carbocycles. The van der Waals surface area contributed by atoms with Gasteiger partial charge in [-0.15, -0.1) is 0 Å². The van der Waals surface area contributed by atoms with Crippen molar-refractivity contribution in [3.63, 3.8) is 0 Å². The first-order valence-corrected chi connectivity index (χ1v) is 7.04. The Balaban J connectivity index is 2.03. The second kappa shape index (κ2) is 7.65. The zero-order valence-electron chi connectivity index (χ0n) is 12.9. The fourth-order valence-corrected chi connectivity index (χ4v) is 1.90. The Hall–Kier alpha value is -3.41. The van der Waals surface area contributed by atoms with E-state index in [-0.39, 0.29) is 11.4 Å². The number of nitrogens with one attached hydrogen (secondary N) is 1. The van der Waals surface area contributed by atoms with Gasteiger partial charge in [-0.3, -0.25) is 9.59 Å². The molecule has 26 heavy (non-hydrogen) atoms. The predicted octanol–water partition coefficient (Wildman–Crippen LogP) is 3.30. The van der Waals surface area contributed by atoms with Crippen LogP contribution in [0.4, 0.5) is 23.2 Å². The Kier molecular flexibility index (Phi) is 5.57. The second-order valence-corrected chi connectivity index (χ2v) is 4.99. The lowest BCUT2D eigenvalue weighted by atomic mass is 10.1. The van der Waals surface area contributed by atoms with Crippen molar-refractivity contribution in [2.45, 2.75) is 6.18 Å². The number of ether oxygens (including phenoxy) is 1. The number of nitrogens with zero attached hydrogens (tertiary/aromatic N) is 1. The molecule has 0 radical (unpaired) electrons. The maximum Gasteiger partial charge on any atom is 0.417 e. The van der Waals surface area contributed by atoms with Crippen LogP contribution in [0, 0.1) is 17.1 Å². The number of halogens is 4. The van der Waals surface area contributed by atoms with Crippen LogP contribution in [-0.2, 0) is 15.8 Å². The summed E-state index contributed by atoms with van der Waals surface area (Å²) in [5, 5.41) is 10.7. The zero-order valence-corrected chi connectivity index (χ0v) is 12.9. The first-order valence-electron chi connectivity index (χ1n) is 7.04. The molecule has 2 aromatic carbocycles. The molecule has 0 saturated heterocycles. The lowest BCUT2D eigenvalue weighted by Crippen LogP contribution is -2.28. The molecular weight excluding hydrogens is 356 g/mol. The minimum atomic E-state index is -4.79. The third-order valence-corrected chi connectivity index (χ3v) is 3.14. The molecule has 9 heteroatoms. The van der Waals surface area contributed by atoms with Crippen molar-refractivity contribution in [1.82, 2.24) is 0 Å². The van der Waals surface area contributed by atoms with Crippen molar-refractivity contribution in [3.8, 4) is 11.8 Å². The number of carbonyl (C=O) groups is 2. The van der Waals surface area contributed by atoms with Gasteiger partial charge < -0.3 is 10.1 Å². The van der Waals surface area contributed by atoms with Gasteiger partial charge in [0, 0.05) is 5.69 Å². The zero-order chi connectivity index (χ0) is 19.3. The highest BCUT2D eigenvalue weighted by Gasteiger charge is 2.34. The average Bonchev–Trinajstić information content (AvgIpc) is 2.60. The maximum absolute atomic E-state index is 12.9. The van der Waals surface area contributed by atoms with Crippen molar-refractivity contribution in [2.24, 2.45) is 0 Å². The number of Topliss-reactive ketones (excluding diaryl/α,β-unsaturated/α-hetero) is 1. The molecule has 0 heterocycles. The standard InChI is InChI=1S/C17H10F4N2O3/c18-11-2-5-13(6-3-11)26-9-15(24)16(25)23-12-4-1-10(8-22)14(7-12)17(19,20)21/h1-7H,9H2,(H,23,25). The van der Waals surface area contributed by atoms with Crippen LogP contribution in [0.5, 0.6) is 5.75 Å². The molecule has 0 spiro atoms. The molecule has 0 bridgehead atoms. The number of nitriles is 1. The van der Waals surface area contributed by atoms with Gasteiger partial charge in [-0.2, -0.15) is 18.4 Å². The first kappa shape index (κ1) is 18.9. The van der Waals surface area contributed by atoms with Crippen LogP contribution < -0.4 is 10.1 Å². The molecule has 0 aliphatic heterocycles. The van der Waals surface area contributed by atoms with E-state index in [2.05, 4.69) is 0 Å². The Labute approximate surface area is 144 Å². The lowest BCUT2D eigenvalue weighted by molar-refractivity contribution is -0.137. The second-order valence-electron chi connectivity index (χ2n) is 4.99. The molecule has 0 aliphatic carbocycles. The molecule has 2 aromatic rings. The predicted molar refractivity (Wildman–Crippen MR) is 81.7 cm³/mol. The van der Waals surface area contributed by atoms with Crippen LogP contribution in [0.3, 0.4) is 0 Å². The molecule has 0 atom stereocenters. The van der Waals surface area contributed by atoms with Gasteiger partial charge in [0.05, 0.1) is 17.2 Å². The van der Waals surface area contributed by atoms with Gasteiger partial charge in [-0.05, 0) is 42.5 Å². The van der Waals surface area contributed by atoms with Gasteiger partial charge in [-0.1, -0.05) is 0 Å². The fraction of sp³-hybridized carbons (Fsp3) is 0.118. The third-order valence-electron chi connectivity index (χ3n) is 3.14. The third kappa shape index (κ3) is 4.80. The van der Waals surface area contributed by atoms with E-state index in [1.54, 1.807) is 0 Å². The first-order chi connectivity index (χ1) is 12.2. The number of amides is 1. The summed E-state index contributed by atoms with van der Waals surface area (Å²) in [7, 11) is 0. The van der Waals surface area contributed by atoms with E-state index in [0.717, 1.165) is 24.3 Å². The summed E-state index contributed by atoms with van der Waals surface area (Å²) in [6.45, 7) is -0.681. The summed E-state index contributed by atoms with van der Waals surface area (Å²) < 4.78 is 56.3. The van der Waals surface area contributed by atoms with E-state index in [9.17, 15) is 27.2 Å². The van der Waals surface area contributed by atoms with Crippen LogP contribution in [0.15, 0.2) is 42.5 Å². The minimum absolute atomic E-state index is 0.144. The van der Waals surface area contributed by atoms with Gasteiger partial charge in [0.1, 0.15) is 11.6 Å². The quantitative estimate of drug-likeness (QED) is 0.651. The van der Waals surface area contributed by atoms with Crippen molar-refractivity contribution >= 4 is 17.4 Å². The summed E-state index contributed by atoms with van der Waals surface area (Å²) in [4.78, 5) is 23.5. The Morgan fingerprint density at radius 2 is 1.77 bits per heavy atom. The van der Waals surface area contributed by atoms with E-state index >= 15 is 0 Å². The van der Waals surface area contributed by atoms with E-state index < -0.39 is 41.4 Å². The van der Waals surface area contributed by atoms with Crippen LogP contribution in [0.2, 0.25) is 0 Å². The Morgan fingerprint density at radius 3 is 2.35 bits per heavy atom. The van der Waals surface area contributed by atoms with Gasteiger partial charge in [0.25, 0.3) is 11.7 Å². The molecule has 0 fully saturated rings. The highest BCUT2D eigenvalue weighted by Crippen LogP contribution is 2.33. The minimum Gasteiger partial charge on any atom is -0.485 e. The SMILES string of the molecule is N#Cc1ccc(NC(=O)C(=O)COc2ccc(F)cc2)cc1C(F)(F)F. The van der Waals surface area contributed by atoms with Gasteiger partial charge >= 0.3 is 6.18 Å². The van der Waals surface area contributed by atoms with Crippen molar-refractivity contribution in [3.05, 3.63) is 59.4 Å². The number of carbonyl (C=O) groups excluding carboxylic acids is 2. The summed E-state index contributed by atoms with van der Waals surface area (Å²) in [6, 6.07) is 8.60. The van der Waals surface area contributed by atoms with Gasteiger partial charge in [-0.25, -0.2) is 4.39 Å². The molecule has 0 unspecified atom stereocenters. The van der Waals surface area contributed by atoms with Crippen LogP contribution in [0.1, 0.15) is 11.1 Å². The molecule has 134 valence electrons. The van der Waals surface area contributed by atoms with Gasteiger partial charge in [0.15, 0.2) is 6.61 Å². The molecule has 2 rings (SSSR count). The number of hydrogen-bond donors (Lipinski definition) is 1. The van der Waals surface area contributed by atoms with E-state index in [1.807, 2.05) is 5.32 Å². The Bertz CT molecular complexity index is 871. The molecular formula is C17H10F4N2O3. The molecule has 1 N–H and O–H groups in total. The van der Waals surface area contributed by atoms with Crippen molar-refractivity contribution < 1.29 is 31.9 Å². The van der Waals surface area contributed by atoms with Crippen LogP contribution in [0.25, 0.3) is 0 Å². The number of hydrogen-bond acceptors (Lipinski definition) is 4. The highest BCUT2D eigenvalue weighted by molar-refractivity contribution is 6.41. The van der Waals surface area contributed by atoms with E-state index in [1.165, 1.54) is 18.2 Å². The summed E-state index contributed by atoms with van der Waals surface area (Å²) >= 11 is 0. The molecule has 5 nitrogen and oxygen atoms in total. The van der Waals surface area contributed by atoms with Crippen LogP contribution in [-0.4, -0.2) is 18.3 Å². The summed E-state index contributed by atoms with van der Waals surface area (Å²) in [5.74, 6) is -2.61. The molecule has 0 aromatic heterocycles. The highest BCUT2D eigenvalue weighted by atomic mass is 19.4. The Morgan fingerprint density at radius 1 is 1.12 bits per heavy atom. The summed E-state index contributed by atoms with van der Waals surface area (Å²) in [5.41, 5.74) is -2.13.